The molecule has 1 heterocycles. The Bertz CT molecular complexity index is 683. The van der Waals surface area contributed by atoms with Crippen LogP contribution in [0.4, 0.5) is 8.78 Å². The zero-order valence-electron chi connectivity index (χ0n) is 13.7. The van der Waals surface area contributed by atoms with E-state index in [9.17, 15) is 13.6 Å². The minimum absolute atomic E-state index is 0.151. The second kappa shape index (κ2) is 9.68. The first-order valence-electron chi connectivity index (χ1n) is 7.62. The van der Waals surface area contributed by atoms with Gasteiger partial charge in [-0.05, 0) is 24.3 Å². The molecule has 0 aliphatic carbocycles. The monoisotopic (exact) mass is 407 g/mol. The van der Waals surface area contributed by atoms with Gasteiger partial charge in [0.2, 0.25) is 0 Å². The van der Waals surface area contributed by atoms with Crippen molar-refractivity contribution in [1.29, 1.82) is 0 Å². The van der Waals surface area contributed by atoms with E-state index >= 15 is 0 Å². The fourth-order valence-corrected chi connectivity index (χ4v) is 2.35. The van der Waals surface area contributed by atoms with E-state index in [1.165, 1.54) is 17.3 Å². The number of carbonyl (C=O) groups excluding carboxylic acids is 1. The minimum Gasteiger partial charge on any atom is -0.469 e. The summed E-state index contributed by atoms with van der Waals surface area (Å²) >= 11 is 11.2. The lowest BCUT2D eigenvalue weighted by Crippen LogP contribution is -2.37. The third-order valence-electron chi connectivity index (χ3n) is 3.64. The average Bonchev–Trinajstić information content (AvgIpc) is 3.20. The van der Waals surface area contributed by atoms with Crippen molar-refractivity contribution in [1.82, 2.24) is 14.8 Å². The van der Waals surface area contributed by atoms with Crippen LogP contribution in [0.25, 0.3) is 0 Å². The first-order chi connectivity index (χ1) is 12.5. The van der Waals surface area contributed by atoms with Crippen molar-refractivity contribution in [2.75, 3.05) is 25.8 Å². The maximum atomic E-state index is 13.7. The summed E-state index contributed by atoms with van der Waals surface area (Å²) in [4.78, 5) is 15.1. The molecule has 0 fully saturated rings. The molecule has 0 aliphatic heterocycles. The standard InChI is InChI=1S/C16H17Cl2F2N3O3/c17-6-15(24)25-9-16(7-19,8-20)5-14(23-11-21-10-22-23)26-13-3-1-12(18)2-4-13/h1-4,10-11,14H,5-9H2. The summed E-state index contributed by atoms with van der Waals surface area (Å²) in [7, 11) is 0. The van der Waals surface area contributed by atoms with E-state index in [2.05, 4.69) is 10.1 Å². The Morgan fingerprint density at radius 1 is 1.27 bits per heavy atom. The second-order valence-corrected chi connectivity index (χ2v) is 6.37. The smallest absolute Gasteiger partial charge is 0.320 e. The average molecular weight is 408 g/mol. The van der Waals surface area contributed by atoms with Crippen LogP contribution in [0.2, 0.25) is 5.02 Å². The Hall–Kier alpha value is -1.93. The molecule has 6 nitrogen and oxygen atoms in total. The van der Waals surface area contributed by atoms with Gasteiger partial charge < -0.3 is 9.47 Å². The number of nitrogens with zero attached hydrogens (tertiary/aromatic N) is 3. The van der Waals surface area contributed by atoms with Crippen LogP contribution in [0.3, 0.4) is 0 Å². The Kier molecular flexibility index (Phi) is 7.59. The summed E-state index contributed by atoms with van der Waals surface area (Å²) in [6, 6.07) is 6.48. The van der Waals surface area contributed by atoms with Crippen LogP contribution in [-0.2, 0) is 9.53 Å². The van der Waals surface area contributed by atoms with Gasteiger partial charge in [0, 0.05) is 11.4 Å². The molecule has 0 N–H and O–H groups in total. The number of alkyl halides is 3. The Morgan fingerprint density at radius 2 is 1.96 bits per heavy atom. The quantitative estimate of drug-likeness (QED) is 0.444. The van der Waals surface area contributed by atoms with Gasteiger partial charge in [0.25, 0.3) is 0 Å². The summed E-state index contributed by atoms with van der Waals surface area (Å²) in [5, 5.41) is 4.49. The van der Waals surface area contributed by atoms with Crippen molar-refractivity contribution < 1.29 is 23.0 Å². The molecule has 1 atom stereocenters. The SMILES string of the molecule is O=C(CCl)OCC(CF)(CF)CC(Oc1ccc(Cl)cc1)n1cncn1. The lowest BCUT2D eigenvalue weighted by atomic mass is 9.87. The van der Waals surface area contributed by atoms with Crippen LogP contribution < -0.4 is 4.74 Å². The fourth-order valence-electron chi connectivity index (χ4n) is 2.15. The first-order valence-corrected chi connectivity index (χ1v) is 8.53. The molecule has 0 saturated carbocycles. The largest absolute Gasteiger partial charge is 0.469 e. The molecule has 2 aromatic rings. The van der Waals surface area contributed by atoms with E-state index < -0.39 is 43.4 Å². The molecule has 1 unspecified atom stereocenters. The predicted octanol–water partition coefficient (Wildman–Crippen LogP) is 3.61. The maximum absolute atomic E-state index is 13.7. The number of hydrogen-bond donors (Lipinski definition) is 0. The molecule has 0 bridgehead atoms. The van der Waals surface area contributed by atoms with Gasteiger partial charge in [0.05, 0.1) is 5.41 Å². The normalized spacial score (nSPS) is 12.6. The molecule has 0 radical (unpaired) electrons. The van der Waals surface area contributed by atoms with Gasteiger partial charge in [-0.2, -0.15) is 5.10 Å². The van der Waals surface area contributed by atoms with Crippen molar-refractivity contribution >= 4 is 29.2 Å². The van der Waals surface area contributed by atoms with Crippen LogP contribution in [0.5, 0.6) is 5.75 Å². The van der Waals surface area contributed by atoms with Crippen molar-refractivity contribution in [3.8, 4) is 5.75 Å². The molecule has 10 heteroatoms. The summed E-state index contributed by atoms with van der Waals surface area (Å²) in [6.07, 6.45) is 1.62. The molecule has 0 aliphatic rings. The topological polar surface area (TPSA) is 66.2 Å². The van der Waals surface area contributed by atoms with Crippen LogP contribution in [0, 0.1) is 5.41 Å². The van der Waals surface area contributed by atoms with Gasteiger partial charge >= 0.3 is 5.97 Å². The second-order valence-electron chi connectivity index (χ2n) is 5.67. The highest BCUT2D eigenvalue weighted by Crippen LogP contribution is 2.33. The molecule has 0 amide bonds. The number of benzene rings is 1. The number of hydrogen-bond acceptors (Lipinski definition) is 5. The van der Waals surface area contributed by atoms with Gasteiger partial charge in [-0.1, -0.05) is 11.6 Å². The number of halogens is 4. The summed E-state index contributed by atoms with van der Waals surface area (Å²) in [5.74, 6) is -0.726. The third-order valence-corrected chi connectivity index (χ3v) is 4.11. The lowest BCUT2D eigenvalue weighted by Gasteiger charge is -2.31. The first kappa shape index (κ1) is 20.4. The number of ether oxygens (including phenoxy) is 2. The van der Waals surface area contributed by atoms with Crippen LogP contribution >= 0.6 is 23.2 Å². The number of esters is 1. The highest BCUT2D eigenvalue weighted by Gasteiger charge is 2.37. The maximum Gasteiger partial charge on any atom is 0.320 e. The van der Waals surface area contributed by atoms with Crippen LogP contribution in [-0.4, -0.2) is 46.6 Å². The molecular formula is C16H17Cl2F2N3O3. The molecular weight excluding hydrogens is 391 g/mol. The third kappa shape index (κ3) is 5.54. The highest BCUT2D eigenvalue weighted by atomic mass is 35.5. The molecule has 142 valence electrons. The number of carbonyl (C=O) groups is 1. The molecule has 1 aromatic heterocycles. The summed E-state index contributed by atoms with van der Waals surface area (Å²) < 4.78 is 39.4. The Balaban J connectivity index is 2.20. The fraction of sp³-hybridized carbons (Fsp3) is 0.438. The van der Waals surface area contributed by atoms with Gasteiger partial charge in [0.15, 0.2) is 6.23 Å². The highest BCUT2D eigenvalue weighted by molar-refractivity contribution is 6.30. The van der Waals surface area contributed by atoms with Gasteiger partial charge in [-0.3, -0.25) is 13.6 Å². The lowest BCUT2D eigenvalue weighted by molar-refractivity contribution is -0.146. The van der Waals surface area contributed by atoms with Crippen LogP contribution in [0.15, 0.2) is 36.9 Å². The molecule has 0 saturated heterocycles. The zero-order valence-corrected chi connectivity index (χ0v) is 15.2. The summed E-state index contributed by atoms with van der Waals surface area (Å²) in [5.41, 5.74) is -1.59. The number of rotatable bonds is 10. The van der Waals surface area contributed by atoms with E-state index in [-0.39, 0.29) is 6.42 Å². The van der Waals surface area contributed by atoms with Crippen molar-refractivity contribution in [2.24, 2.45) is 5.41 Å². The predicted molar refractivity (Wildman–Crippen MR) is 91.8 cm³/mol. The summed E-state index contributed by atoms with van der Waals surface area (Å²) in [6.45, 7) is -2.59. The zero-order chi connectivity index (χ0) is 19.0. The molecule has 26 heavy (non-hydrogen) atoms. The van der Waals surface area contributed by atoms with Crippen molar-refractivity contribution in [3.05, 3.63) is 41.9 Å². The molecule has 0 spiro atoms. The van der Waals surface area contributed by atoms with E-state index in [1.54, 1.807) is 24.3 Å². The van der Waals surface area contributed by atoms with E-state index in [4.69, 9.17) is 32.7 Å². The minimum atomic E-state index is -1.59. The van der Waals surface area contributed by atoms with Gasteiger partial charge in [-0.15, -0.1) is 11.6 Å². The van der Waals surface area contributed by atoms with Crippen molar-refractivity contribution in [3.63, 3.8) is 0 Å². The van der Waals surface area contributed by atoms with E-state index in [1.807, 2.05) is 0 Å². The number of aromatic nitrogens is 3. The van der Waals surface area contributed by atoms with Crippen LogP contribution in [0.1, 0.15) is 12.6 Å². The Morgan fingerprint density at radius 3 is 2.50 bits per heavy atom. The Labute approximate surface area is 159 Å². The van der Waals surface area contributed by atoms with Gasteiger partial charge in [-0.25, -0.2) is 9.67 Å². The molecule has 1 aromatic carbocycles. The van der Waals surface area contributed by atoms with E-state index in [0.717, 1.165) is 0 Å². The van der Waals surface area contributed by atoms with Gasteiger partial charge in [0.1, 0.15) is 44.2 Å². The van der Waals surface area contributed by atoms with Crippen molar-refractivity contribution in [2.45, 2.75) is 12.6 Å². The molecule has 2 rings (SSSR count). The van der Waals surface area contributed by atoms with E-state index in [0.29, 0.717) is 10.8 Å².